The van der Waals surface area contributed by atoms with E-state index in [1.807, 2.05) is 48.5 Å². The van der Waals surface area contributed by atoms with Crippen LogP contribution in [0, 0.1) is 0 Å². The fraction of sp³-hybridized carbons (Fsp3) is 0.417. The molecule has 0 radical (unpaired) electrons. The highest BCUT2D eigenvalue weighted by Crippen LogP contribution is 2.14. The van der Waals surface area contributed by atoms with E-state index < -0.39 is 11.6 Å². The van der Waals surface area contributed by atoms with Gasteiger partial charge in [-0.2, -0.15) is 0 Å². The van der Waals surface area contributed by atoms with Crippen molar-refractivity contribution in [3.63, 3.8) is 0 Å². The van der Waals surface area contributed by atoms with Gasteiger partial charge in [0.05, 0.1) is 18.8 Å². The zero-order valence-corrected chi connectivity index (χ0v) is 18.1. The van der Waals surface area contributed by atoms with Crippen molar-refractivity contribution in [1.29, 1.82) is 0 Å². The smallest absolute Gasteiger partial charge is 0.240 e. The third kappa shape index (κ3) is 7.55. The van der Waals surface area contributed by atoms with Gasteiger partial charge < -0.3 is 15.8 Å². The zero-order chi connectivity index (χ0) is 22.1. The van der Waals surface area contributed by atoms with E-state index in [-0.39, 0.29) is 19.9 Å². The molecule has 1 heterocycles. The number of nitrogens with one attached hydrogen (secondary N) is 1. The largest absolute Gasteiger partial charge is 0.374 e. The quantitative estimate of drug-likeness (QED) is 0.476. The standard InChI is InChI=1S/C23H30N6O2.CH4/c1-23(2,24)22(30)25-20(17-31-16-19-12-7-4-8-13-19)21-26-27-28-29(21)15-9-14-18-10-5-3-6-11-18;/h3-8,10-13,20H,9,14-17,24H2,1-2H3,(H,25,30);1H4/t20-;/m1./s1. The van der Waals surface area contributed by atoms with Crippen LogP contribution in [0.5, 0.6) is 0 Å². The summed E-state index contributed by atoms with van der Waals surface area (Å²) >= 11 is 0. The van der Waals surface area contributed by atoms with Crippen molar-refractivity contribution in [2.24, 2.45) is 5.73 Å². The summed E-state index contributed by atoms with van der Waals surface area (Å²) in [5.41, 5.74) is 7.26. The summed E-state index contributed by atoms with van der Waals surface area (Å²) in [6.07, 6.45) is 1.79. The van der Waals surface area contributed by atoms with Gasteiger partial charge in [-0.05, 0) is 48.2 Å². The van der Waals surface area contributed by atoms with Gasteiger partial charge in [-0.1, -0.05) is 68.1 Å². The molecule has 0 fully saturated rings. The van der Waals surface area contributed by atoms with Crippen molar-refractivity contribution >= 4 is 5.91 Å². The maximum Gasteiger partial charge on any atom is 0.240 e. The predicted molar refractivity (Wildman–Crippen MR) is 125 cm³/mol. The molecule has 0 saturated heterocycles. The van der Waals surface area contributed by atoms with E-state index in [0.29, 0.717) is 19.0 Å². The zero-order valence-electron chi connectivity index (χ0n) is 18.1. The van der Waals surface area contributed by atoms with Crippen LogP contribution in [-0.2, 0) is 29.1 Å². The van der Waals surface area contributed by atoms with Gasteiger partial charge >= 0.3 is 0 Å². The lowest BCUT2D eigenvalue weighted by molar-refractivity contribution is -0.126. The molecule has 0 spiro atoms. The molecule has 172 valence electrons. The number of nitrogens with zero attached hydrogens (tertiary/aromatic N) is 4. The topological polar surface area (TPSA) is 108 Å². The maximum atomic E-state index is 12.5. The Balaban J connectivity index is 0.00000363. The Morgan fingerprint density at radius 1 is 1.09 bits per heavy atom. The molecule has 0 bridgehead atoms. The highest BCUT2D eigenvalue weighted by Gasteiger charge is 2.28. The molecule has 1 atom stereocenters. The van der Waals surface area contributed by atoms with Crippen LogP contribution >= 0.6 is 0 Å². The first-order valence-corrected chi connectivity index (χ1v) is 10.4. The van der Waals surface area contributed by atoms with Gasteiger partial charge in [-0.25, -0.2) is 4.68 Å². The molecule has 8 nitrogen and oxygen atoms in total. The molecule has 1 aromatic heterocycles. The highest BCUT2D eigenvalue weighted by molar-refractivity contribution is 5.85. The lowest BCUT2D eigenvalue weighted by Gasteiger charge is -2.23. The second-order valence-electron chi connectivity index (χ2n) is 8.10. The number of amides is 1. The first kappa shape index (κ1) is 25.2. The molecule has 0 aliphatic carbocycles. The molecular weight excluding hydrogens is 404 g/mol. The number of nitrogens with two attached hydrogens (primary N) is 1. The molecule has 32 heavy (non-hydrogen) atoms. The second-order valence-corrected chi connectivity index (χ2v) is 8.10. The number of hydrogen-bond donors (Lipinski definition) is 2. The first-order valence-electron chi connectivity index (χ1n) is 10.4. The van der Waals surface area contributed by atoms with Crippen LogP contribution in [0.15, 0.2) is 60.7 Å². The van der Waals surface area contributed by atoms with Gasteiger partial charge in [-0.15, -0.1) is 5.10 Å². The van der Waals surface area contributed by atoms with Gasteiger partial charge in [0.15, 0.2) is 5.82 Å². The molecule has 0 aliphatic rings. The van der Waals surface area contributed by atoms with E-state index in [1.54, 1.807) is 18.5 Å². The van der Waals surface area contributed by atoms with Crippen LogP contribution < -0.4 is 11.1 Å². The van der Waals surface area contributed by atoms with Crippen LogP contribution in [0.2, 0.25) is 0 Å². The van der Waals surface area contributed by atoms with Gasteiger partial charge in [0.2, 0.25) is 5.91 Å². The van der Waals surface area contributed by atoms with Crippen molar-refractivity contribution in [2.75, 3.05) is 6.61 Å². The Hall–Kier alpha value is -3.10. The predicted octanol–water partition coefficient (Wildman–Crippen LogP) is 3.05. The molecule has 1 amide bonds. The highest BCUT2D eigenvalue weighted by atomic mass is 16.5. The number of aryl methyl sites for hydroxylation is 2. The Morgan fingerprint density at radius 2 is 1.72 bits per heavy atom. The second kappa shape index (κ2) is 12.1. The molecular formula is C24H34N6O2. The minimum atomic E-state index is -1.02. The van der Waals surface area contributed by atoms with E-state index in [9.17, 15) is 4.79 Å². The van der Waals surface area contributed by atoms with Gasteiger partial charge in [-0.3, -0.25) is 4.79 Å². The summed E-state index contributed by atoms with van der Waals surface area (Å²) in [4.78, 5) is 12.5. The van der Waals surface area contributed by atoms with Crippen LogP contribution in [0.1, 0.15) is 50.7 Å². The number of aromatic nitrogens is 4. The third-order valence-electron chi connectivity index (χ3n) is 4.84. The number of tetrazole rings is 1. The Labute approximate surface area is 190 Å². The summed E-state index contributed by atoms with van der Waals surface area (Å²) in [5, 5.41) is 15.1. The maximum absolute atomic E-state index is 12.5. The molecule has 8 heteroatoms. The number of carbonyl (C=O) groups excluding carboxylic acids is 1. The molecule has 0 aliphatic heterocycles. The minimum absolute atomic E-state index is 0. The average Bonchev–Trinajstić information content (AvgIpc) is 3.22. The van der Waals surface area contributed by atoms with E-state index in [1.165, 1.54) is 5.56 Å². The fourth-order valence-corrected chi connectivity index (χ4v) is 3.09. The fourth-order valence-electron chi connectivity index (χ4n) is 3.09. The van der Waals surface area contributed by atoms with Crippen LogP contribution in [-0.4, -0.2) is 38.3 Å². The summed E-state index contributed by atoms with van der Waals surface area (Å²) in [7, 11) is 0. The normalized spacial score (nSPS) is 12.1. The summed E-state index contributed by atoms with van der Waals surface area (Å²) < 4.78 is 7.61. The van der Waals surface area contributed by atoms with Crippen molar-refractivity contribution in [3.05, 3.63) is 77.6 Å². The number of carbonyl (C=O) groups is 1. The molecule has 3 aromatic rings. The monoisotopic (exact) mass is 438 g/mol. The number of benzene rings is 2. The van der Waals surface area contributed by atoms with Crippen LogP contribution in [0.4, 0.5) is 0 Å². The number of rotatable bonds is 11. The van der Waals surface area contributed by atoms with Crippen LogP contribution in [0.25, 0.3) is 0 Å². The molecule has 2 aromatic carbocycles. The molecule has 3 rings (SSSR count). The summed E-state index contributed by atoms with van der Waals surface area (Å²) in [5.74, 6) is 0.262. The Kier molecular flexibility index (Phi) is 9.49. The Bertz CT molecular complexity index is 938. The number of hydrogen-bond acceptors (Lipinski definition) is 6. The lowest BCUT2D eigenvalue weighted by atomic mass is 10.1. The molecule has 3 N–H and O–H groups in total. The first-order chi connectivity index (χ1) is 14.9. The van der Waals surface area contributed by atoms with Gasteiger partial charge in [0, 0.05) is 6.54 Å². The Morgan fingerprint density at radius 3 is 2.34 bits per heavy atom. The summed E-state index contributed by atoms with van der Waals surface area (Å²) in [6, 6.07) is 19.6. The van der Waals surface area contributed by atoms with E-state index >= 15 is 0 Å². The summed E-state index contributed by atoms with van der Waals surface area (Å²) in [6.45, 7) is 4.61. The van der Waals surface area contributed by atoms with E-state index in [4.69, 9.17) is 10.5 Å². The lowest BCUT2D eigenvalue weighted by Crippen LogP contribution is -2.51. The van der Waals surface area contributed by atoms with Crippen molar-refractivity contribution in [3.8, 4) is 0 Å². The van der Waals surface area contributed by atoms with Crippen molar-refractivity contribution < 1.29 is 9.53 Å². The van der Waals surface area contributed by atoms with Gasteiger partial charge in [0.1, 0.15) is 6.04 Å². The van der Waals surface area contributed by atoms with Crippen LogP contribution in [0.3, 0.4) is 0 Å². The van der Waals surface area contributed by atoms with Gasteiger partial charge in [0.25, 0.3) is 0 Å². The molecule has 0 saturated carbocycles. The van der Waals surface area contributed by atoms with E-state index in [2.05, 4.69) is 33.0 Å². The SMILES string of the molecule is C.CC(C)(N)C(=O)N[C@H](COCc1ccccc1)c1nnnn1CCCc1ccccc1. The third-order valence-corrected chi connectivity index (χ3v) is 4.84. The number of ether oxygens (including phenoxy) is 1. The minimum Gasteiger partial charge on any atom is -0.374 e. The molecule has 0 unspecified atom stereocenters. The van der Waals surface area contributed by atoms with Crippen molar-refractivity contribution in [1.82, 2.24) is 25.5 Å². The van der Waals surface area contributed by atoms with E-state index in [0.717, 1.165) is 18.4 Å². The average molecular weight is 439 g/mol. The van der Waals surface area contributed by atoms with Crippen molar-refractivity contribution in [2.45, 2.75) is 58.8 Å².